The van der Waals surface area contributed by atoms with Gasteiger partial charge in [0.15, 0.2) is 0 Å². The van der Waals surface area contributed by atoms with Crippen LogP contribution in [0.4, 0.5) is 0 Å². The van der Waals surface area contributed by atoms with E-state index in [1.165, 1.54) is 4.88 Å². The zero-order chi connectivity index (χ0) is 11.6. The molecule has 3 heteroatoms. The smallest absolute Gasteiger partial charge is 0.0678 e. The Hall–Kier alpha value is -0.380. The fourth-order valence-electron chi connectivity index (χ4n) is 2.27. The summed E-state index contributed by atoms with van der Waals surface area (Å²) in [6, 6.07) is 4.21. The molecule has 0 radical (unpaired) electrons. The van der Waals surface area contributed by atoms with Crippen molar-refractivity contribution in [3.05, 3.63) is 22.4 Å². The predicted octanol–water partition coefficient (Wildman–Crippen LogP) is 2.86. The van der Waals surface area contributed by atoms with Gasteiger partial charge in [0.05, 0.1) is 18.8 Å². The SMILES string of the molecule is CCC1(C)C(O)CC1OCCc1cccs1. The van der Waals surface area contributed by atoms with E-state index in [0.717, 1.165) is 25.9 Å². The predicted molar refractivity (Wildman–Crippen MR) is 66.8 cm³/mol. The molecule has 1 saturated carbocycles. The molecule has 1 aromatic rings. The summed E-state index contributed by atoms with van der Waals surface area (Å²) in [7, 11) is 0. The first-order valence-electron chi connectivity index (χ1n) is 5.99. The molecule has 3 unspecified atom stereocenters. The van der Waals surface area contributed by atoms with Gasteiger partial charge in [-0.25, -0.2) is 0 Å². The average molecular weight is 240 g/mol. The van der Waals surface area contributed by atoms with Gasteiger partial charge in [-0.2, -0.15) is 0 Å². The lowest BCUT2D eigenvalue weighted by atomic mass is 9.63. The van der Waals surface area contributed by atoms with E-state index in [2.05, 4.69) is 31.4 Å². The first-order valence-corrected chi connectivity index (χ1v) is 6.87. The molecule has 0 aromatic carbocycles. The van der Waals surface area contributed by atoms with Gasteiger partial charge in [-0.15, -0.1) is 11.3 Å². The summed E-state index contributed by atoms with van der Waals surface area (Å²) in [5.74, 6) is 0. The molecule has 1 aromatic heterocycles. The average Bonchev–Trinajstić information content (AvgIpc) is 2.80. The van der Waals surface area contributed by atoms with Crippen LogP contribution in [0.15, 0.2) is 17.5 Å². The fraction of sp³-hybridized carbons (Fsp3) is 0.692. The highest BCUT2D eigenvalue weighted by Crippen LogP contribution is 2.45. The lowest BCUT2D eigenvalue weighted by Crippen LogP contribution is -2.56. The number of aliphatic hydroxyl groups is 1. The van der Waals surface area contributed by atoms with Crippen molar-refractivity contribution in [1.82, 2.24) is 0 Å². The lowest BCUT2D eigenvalue weighted by molar-refractivity contribution is -0.184. The quantitative estimate of drug-likeness (QED) is 0.857. The van der Waals surface area contributed by atoms with Crippen molar-refractivity contribution in [1.29, 1.82) is 0 Å². The van der Waals surface area contributed by atoms with Gasteiger partial charge in [0, 0.05) is 23.1 Å². The lowest BCUT2D eigenvalue weighted by Gasteiger charge is -2.50. The van der Waals surface area contributed by atoms with Crippen LogP contribution in [0.1, 0.15) is 31.6 Å². The summed E-state index contributed by atoms with van der Waals surface area (Å²) in [5, 5.41) is 11.8. The zero-order valence-electron chi connectivity index (χ0n) is 9.98. The molecule has 0 spiro atoms. The Morgan fingerprint density at radius 1 is 1.62 bits per heavy atom. The minimum atomic E-state index is -0.177. The summed E-state index contributed by atoms with van der Waals surface area (Å²) in [4.78, 5) is 1.37. The van der Waals surface area contributed by atoms with Crippen LogP contribution in [0.3, 0.4) is 0 Å². The van der Waals surface area contributed by atoms with E-state index >= 15 is 0 Å². The van der Waals surface area contributed by atoms with Gasteiger partial charge in [0.2, 0.25) is 0 Å². The Bertz CT molecular complexity index is 323. The van der Waals surface area contributed by atoms with Crippen LogP contribution in [0.2, 0.25) is 0 Å². The molecule has 1 heterocycles. The molecule has 0 aliphatic heterocycles. The first kappa shape index (κ1) is 12.1. The molecular formula is C13H20O2S. The second kappa shape index (κ2) is 4.86. The van der Waals surface area contributed by atoms with E-state index in [1.54, 1.807) is 11.3 Å². The fourth-order valence-corrected chi connectivity index (χ4v) is 2.96. The van der Waals surface area contributed by atoms with Crippen LogP contribution in [-0.2, 0) is 11.2 Å². The largest absolute Gasteiger partial charge is 0.392 e. The number of aliphatic hydroxyl groups excluding tert-OH is 1. The Kier molecular flexibility index (Phi) is 3.67. The Labute approximate surface area is 101 Å². The molecule has 1 aliphatic rings. The highest BCUT2D eigenvalue weighted by molar-refractivity contribution is 7.09. The first-order chi connectivity index (χ1) is 7.66. The van der Waals surface area contributed by atoms with Crippen LogP contribution in [0.25, 0.3) is 0 Å². The number of rotatable bonds is 5. The number of thiophene rings is 1. The van der Waals surface area contributed by atoms with Crippen LogP contribution in [0, 0.1) is 5.41 Å². The maximum Gasteiger partial charge on any atom is 0.0678 e. The number of ether oxygens (including phenoxy) is 1. The van der Waals surface area contributed by atoms with E-state index in [0.29, 0.717) is 0 Å². The van der Waals surface area contributed by atoms with E-state index in [1.807, 2.05) is 0 Å². The number of hydrogen-bond acceptors (Lipinski definition) is 3. The highest BCUT2D eigenvalue weighted by atomic mass is 32.1. The summed E-state index contributed by atoms with van der Waals surface area (Å²) in [5.41, 5.74) is -0.0184. The van der Waals surface area contributed by atoms with Crippen LogP contribution >= 0.6 is 11.3 Å². The molecule has 3 atom stereocenters. The Balaban J connectivity index is 1.75. The maximum absolute atomic E-state index is 9.74. The molecule has 0 saturated heterocycles. The third kappa shape index (κ3) is 2.17. The van der Waals surface area contributed by atoms with Gasteiger partial charge < -0.3 is 9.84 Å². The maximum atomic E-state index is 9.74. The highest BCUT2D eigenvalue weighted by Gasteiger charge is 2.50. The minimum Gasteiger partial charge on any atom is -0.392 e. The molecule has 1 aliphatic carbocycles. The normalized spacial score (nSPS) is 33.7. The van der Waals surface area contributed by atoms with Crippen molar-refractivity contribution < 1.29 is 9.84 Å². The summed E-state index contributed by atoms with van der Waals surface area (Å²) in [6.07, 6.45) is 2.84. The van der Waals surface area contributed by atoms with Gasteiger partial charge in [0.1, 0.15) is 0 Å². The topological polar surface area (TPSA) is 29.5 Å². The van der Waals surface area contributed by atoms with E-state index in [9.17, 15) is 5.11 Å². The molecule has 1 N–H and O–H groups in total. The summed E-state index contributed by atoms with van der Waals surface area (Å²) < 4.78 is 5.87. The van der Waals surface area contributed by atoms with Crippen molar-refractivity contribution in [2.24, 2.45) is 5.41 Å². The second-order valence-electron chi connectivity index (χ2n) is 4.80. The van der Waals surface area contributed by atoms with Gasteiger partial charge in [-0.3, -0.25) is 0 Å². The van der Waals surface area contributed by atoms with Crippen molar-refractivity contribution >= 4 is 11.3 Å². The molecule has 90 valence electrons. The second-order valence-corrected chi connectivity index (χ2v) is 5.83. The summed E-state index contributed by atoms with van der Waals surface area (Å²) in [6.45, 7) is 5.02. The molecule has 0 amide bonds. The van der Waals surface area contributed by atoms with Crippen molar-refractivity contribution in [3.63, 3.8) is 0 Å². The van der Waals surface area contributed by atoms with Crippen molar-refractivity contribution in [2.45, 2.75) is 45.3 Å². The van der Waals surface area contributed by atoms with Crippen molar-refractivity contribution in [2.75, 3.05) is 6.61 Å². The third-order valence-corrected chi connectivity index (χ3v) is 4.88. The molecule has 0 bridgehead atoms. The van der Waals surface area contributed by atoms with E-state index in [4.69, 9.17) is 4.74 Å². The standard InChI is InChI=1S/C13H20O2S/c1-3-13(2)11(14)9-12(13)15-7-6-10-5-4-8-16-10/h4-5,8,11-12,14H,3,6-7,9H2,1-2H3. The van der Waals surface area contributed by atoms with E-state index < -0.39 is 0 Å². The van der Waals surface area contributed by atoms with E-state index in [-0.39, 0.29) is 17.6 Å². The Morgan fingerprint density at radius 2 is 2.44 bits per heavy atom. The number of hydrogen-bond donors (Lipinski definition) is 1. The van der Waals surface area contributed by atoms with Gasteiger partial charge in [-0.1, -0.05) is 19.9 Å². The summed E-state index contributed by atoms with van der Waals surface area (Å²) >= 11 is 1.78. The molecule has 1 fully saturated rings. The van der Waals surface area contributed by atoms with Gasteiger partial charge in [-0.05, 0) is 17.9 Å². The molecule has 16 heavy (non-hydrogen) atoms. The molecular weight excluding hydrogens is 220 g/mol. The van der Waals surface area contributed by atoms with Crippen LogP contribution in [0.5, 0.6) is 0 Å². The monoisotopic (exact) mass is 240 g/mol. The van der Waals surface area contributed by atoms with Crippen molar-refractivity contribution in [3.8, 4) is 0 Å². The minimum absolute atomic E-state index is 0.0184. The molecule has 2 rings (SSSR count). The van der Waals surface area contributed by atoms with Gasteiger partial charge in [0.25, 0.3) is 0 Å². The Morgan fingerprint density at radius 3 is 3.00 bits per heavy atom. The van der Waals surface area contributed by atoms with Gasteiger partial charge >= 0.3 is 0 Å². The zero-order valence-corrected chi connectivity index (χ0v) is 10.8. The third-order valence-electron chi connectivity index (χ3n) is 3.94. The van der Waals surface area contributed by atoms with Crippen LogP contribution < -0.4 is 0 Å². The molecule has 2 nitrogen and oxygen atoms in total. The van der Waals surface area contributed by atoms with Crippen LogP contribution in [-0.4, -0.2) is 23.9 Å².